The minimum atomic E-state index is 0.0142. The summed E-state index contributed by atoms with van der Waals surface area (Å²) >= 11 is 0. The van der Waals surface area contributed by atoms with Gasteiger partial charge in [0.1, 0.15) is 5.52 Å². The van der Waals surface area contributed by atoms with Crippen LogP contribution in [0.2, 0.25) is 0 Å². The van der Waals surface area contributed by atoms with Gasteiger partial charge in [-0.1, -0.05) is 60.7 Å². The van der Waals surface area contributed by atoms with Crippen LogP contribution in [-0.4, -0.2) is 33.6 Å². The highest BCUT2D eigenvalue weighted by Crippen LogP contribution is 2.28. The summed E-state index contributed by atoms with van der Waals surface area (Å²) in [5.74, 6) is 1.10. The van der Waals surface area contributed by atoms with E-state index in [1.165, 1.54) is 0 Å². The van der Waals surface area contributed by atoms with E-state index in [9.17, 15) is 4.79 Å². The zero-order chi connectivity index (χ0) is 21.9. The van der Waals surface area contributed by atoms with E-state index in [0.717, 1.165) is 54.1 Å². The molecule has 3 heterocycles. The van der Waals surface area contributed by atoms with Crippen molar-refractivity contribution < 1.29 is 4.79 Å². The Balaban J connectivity index is 1.27. The van der Waals surface area contributed by atoms with Crippen molar-refractivity contribution in [1.29, 1.82) is 0 Å². The second kappa shape index (κ2) is 8.83. The normalized spacial score (nSPS) is 15.6. The molecule has 2 aromatic heterocycles. The van der Waals surface area contributed by atoms with Gasteiger partial charge in [0, 0.05) is 37.0 Å². The number of benzene rings is 2. The van der Waals surface area contributed by atoms with E-state index in [4.69, 9.17) is 5.10 Å². The monoisotopic (exact) mass is 425 g/mol. The highest BCUT2D eigenvalue weighted by atomic mass is 16.1. The molecule has 162 valence electrons. The van der Waals surface area contributed by atoms with Crippen LogP contribution < -0.4 is 10.2 Å². The van der Waals surface area contributed by atoms with Crippen LogP contribution in [0.25, 0.3) is 16.8 Å². The number of carbonyl (C=O) groups excluding carboxylic acids is 1. The van der Waals surface area contributed by atoms with Crippen molar-refractivity contribution in [3.05, 3.63) is 84.7 Å². The summed E-state index contributed by atoms with van der Waals surface area (Å²) in [6, 6.07) is 22.4. The maximum absolute atomic E-state index is 12.8. The van der Waals surface area contributed by atoms with E-state index in [2.05, 4.69) is 45.5 Å². The summed E-state index contributed by atoms with van der Waals surface area (Å²) in [4.78, 5) is 19.8. The van der Waals surface area contributed by atoms with E-state index in [0.29, 0.717) is 0 Å². The lowest BCUT2D eigenvalue weighted by Crippen LogP contribution is -2.41. The molecule has 2 aromatic carbocycles. The summed E-state index contributed by atoms with van der Waals surface area (Å²) in [6.07, 6.45) is 5.31. The van der Waals surface area contributed by atoms with E-state index in [-0.39, 0.29) is 17.9 Å². The molecule has 6 heteroatoms. The molecule has 0 aliphatic carbocycles. The summed E-state index contributed by atoms with van der Waals surface area (Å²) in [6.45, 7) is 3.64. The van der Waals surface area contributed by atoms with Gasteiger partial charge in [0.25, 0.3) is 0 Å². The number of anilines is 1. The van der Waals surface area contributed by atoms with Gasteiger partial charge in [0.2, 0.25) is 5.91 Å². The van der Waals surface area contributed by atoms with E-state index in [1.807, 2.05) is 54.0 Å². The molecule has 5 rings (SSSR count). The molecule has 0 saturated carbocycles. The summed E-state index contributed by atoms with van der Waals surface area (Å²) < 4.78 is 1.89. The van der Waals surface area contributed by atoms with Gasteiger partial charge in [-0.25, -0.2) is 9.50 Å². The topological polar surface area (TPSA) is 62.5 Å². The number of nitrogens with one attached hydrogen (secondary N) is 1. The highest BCUT2D eigenvalue weighted by Gasteiger charge is 2.27. The number of nitrogens with zero attached hydrogens (tertiary/aromatic N) is 4. The first kappa shape index (κ1) is 20.2. The Bertz CT molecular complexity index is 1200. The first-order valence-corrected chi connectivity index (χ1v) is 11.2. The van der Waals surface area contributed by atoms with Crippen LogP contribution in [-0.2, 0) is 4.79 Å². The third kappa shape index (κ3) is 4.08. The van der Waals surface area contributed by atoms with Crippen LogP contribution in [0.15, 0.2) is 79.1 Å². The minimum absolute atomic E-state index is 0.0142. The number of piperidine rings is 1. The fraction of sp³-hybridized carbons (Fsp3) is 0.269. The molecule has 1 amide bonds. The van der Waals surface area contributed by atoms with Crippen molar-refractivity contribution in [2.24, 2.45) is 5.92 Å². The average molecular weight is 426 g/mol. The zero-order valence-corrected chi connectivity index (χ0v) is 18.2. The fourth-order valence-corrected chi connectivity index (χ4v) is 4.41. The fourth-order valence-electron chi connectivity index (χ4n) is 4.41. The van der Waals surface area contributed by atoms with Crippen LogP contribution in [0.4, 0.5) is 5.82 Å². The average Bonchev–Trinajstić information content (AvgIpc) is 3.30. The largest absolute Gasteiger partial charge is 0.355 e. The zero-order valence-electron chi connectivity index (χ0n) is 18.2. The Labute approximate surface area is 187 Å². The Morgan fingerprint density at radius 1 is 1.03 bits per heavy atom. The summed E-state index contributed by atoms with van der Waals surface area (Å²) in [5, 5.41) is 7.91. The first-order valence-electron chi connectivity index (χ1n) is 11.2. The number of carbonyl (C=O) groups is 1. The lowest BCUT2D eigenvalue weighted by Gasteiger charge is -2.32. The highest BCUT2D eigenvalue weighted by molar-refractivity contribution is 5.80. The van der Waals surface area contributed by atoms with Crippen molar-refractivity contribution >= 4 is 17.2 Å². The van der Waals surface area contributed by atoms with Gasteiger partial charge in [-0.15, -0.1) is 0 Å². The SMILES string of the molecule is C[C@H](NC(=O)C1CCN(c2nccn3nc(-c4ccccc4)cc23)CC1)c1ccccc1. The molecule has 1 atom stereocenters. The molecule has 1 fully saturated rings. The summed E-state index contributed by atoms with van der Waals surface area (Å²) in [5.41, 5.74) is 4.14. The molecule has 0 unspecified atom stereocenters. The maximum Gasteiger partial charge on any atom is 0.223 e. The smallest absolute Gasteiger partial charge is 0.223 e. The van der Waals surface area contributed by atoms with Gasteiger partial charge < -0.3 is 10.2 Å². The minimum Gasteiger partial charge on any atom is -0.355 e. The number of hydrogen-bond acceptors (Lipinski definition) is 4. The lowest BCUT2D eigenvalue weighted by atomic mass is 9.95. The third-order valence-corrected chi connectivity index (χ3v) is 6.26. The molecule has 1 aliphatic rings. The van der Waals surface area contributed by atoms with E-state index in [1.54, 1.807) is 6.20 Å². The van der Waals surface area contributed by atoms with Gasteiger partial charge in [-0.2, -0.15) is 5.10 Å². The molecule has 0 spiro atoms. The molecule has 32 heavy (non-hydrogen) atoms. The number of aromatic nitrogens is 3. The van der Waals surface area contributed by atoms with Crippen LogP contribution in [0.1, 0.15) is 31.4 Å². The van der Waals surface area contributed by atoms with Crippen molar-refractivity contribution in [3.63, 3.8) is 0 Å². The van der Waals surface area contributed by atoms with Crippen molar-refractivity contribution in [1.82, 2.24) is 19.9 Å². The molecule has 0 bridgehead atoms. The van der Waals surface area contributed by atoms with Crippen LogP contribution in [0.5, 0.6) is 0 Å². The standard InChI is InChI=1S/C26H27N5O/c1-19(20-8-4-2-5-9-20)28-26(32)22-12-15-30(16-13-22)25-24-18-23(21-10-6-3-7-11-21)29-31(24)17-14-27-25/h2-11,14,17-19,22H,12-13,15-16H2,1H3,(H,28,32)/t19-/m0/s1. The lowest BCUT2D eigenvalue weighted by molar-refractivity contribution is -0.126. The Kier molecular flexibility index (Phi) is 5.58. The molecular weight excluding hydrogens is 398 g/mol. The molecule has 0 radical (unpaired) electrons. The quantitative estimate of drug-likeness (QED) is 0.512. The number of rotatable bonds is 5. The van der Waals surface area contributed by atoms with E-state index >= 15 is 0 Å². The third-order valence-electron chi connectivity index (χ3n) is 6.26. The van der Waals surface area contributed by atoms with Gasteiger partial charge >= 0.3 is 0 Å². The van der Waals surface area contributed by atoms with Gasteiger partial charge in [-0.05, 0) is 31.4 Å². The molecule has 4 aromatic rings. The first-order chi connectivity index (χ1) is 15.7. The second-order valence-electron chi connectivity index (χ2n) is 8.38. The van der Waals surface area contributed by atoms with Crippen molar-refractivity contribution in [3.8, 4) is 11.3 Å². The number of fused-ring (bicyclic) bond motifs is 1. The van der Waals surface area contributed by atoms with Crippen LogP contribution in [0, 0.1) is 5.92 Å². The predicted molar refractivity (Wildman–Crippen MR) is 126 cm³/mol. The molecule has 1 aliphatic heterocycles. The predicted octanol–water partition coefficient (Wildman–Crippen LogP) is 4.49. The second-order valence-corrected chi connectivity index (χ2v) is 8.38. The number of amides is 1. The van der Waals surface area contributed by atoms with Gasteiger partial charge in [0.15, 0.2) is 5.82 Å². The van der Waals surface area contributed by atoms with Crippen molar-refractivity contribution in [2.45, 2.75) is 25.8 Å². The maximum atomic E-state index is 12.8. The molecule has 1 saturated heterocycles. The Morgan fingerprint density at radius 3 is 2.44 bits per heavy atom. The number of hydrogen-bond donors (Lipinski definition) is 1. The van der Waals surface area contributed by atoms with Crippen molar-refractivity contribution in [2.75, 3.05) is 18.0 Å². The summed E-state index contributed by atoms with van der Waals surface area (Å²) in [7, 11) is 0. The van der Waals surface area contributed by atoms with Crippen LogP contribution in [0.3, 0.4) is 0 Å². The molecule has 1 N–H and O–H groups in total. The van der Waals surface area contributed by atoms with Gasteiger partial charge in [0.05, 0.1) is 11.7 Å². The van der Waals surface area contributed by atoms with Gasteiger partial charge in [-0.3, -0.25) is 4.79 Å². The molecule has 6 nitrogen and oxygen atoms in total. The Morgan fingerprint density at radius 2 is 1.72 bits per heavy atom. The van der Waals surface area contributed by atoms with E-state index < -0.39 is 0 Å². The molecular formula is C26H27N5O. The Hall–Kier alpha value is -3.67. The van der Waals surface area contributed by atoms with Crippen LogP contribution >= 0.6 is 0 Å².